The van der Waals surface area contributed by atoms with E-state index in [1.807, 2.05) is 6.07 Å². The van der Waals surface area contributed by atoms with Crippen molar-refractivity contribution in [1.29, 1.82) is 0 Å². The number of para-hydroxylation sites is 3. The monoisotopic (exact) mass is 725 g/mol. The molecule has 0 unspecified atom stereocenters. The highest BCUT2D eigenvalue weighted by Crippen LogP contribution is 2.65. The zero-order valence-corrected chi connectivity index (χ0v) is 31.1. The third kappa shape index (κ3) is 4.41. The Hall–Kier alpha value is -7.42. The molecule has 0 N–H and O–H groups in total. The largest absolute Gasteiger partial charge is 0.456 e. The SMILES string of the molecule is c1ccc(-c2ccccc2N(c2ccccc2-c2cccc3oc4ccccc4c23)c2cccc3c2-c2ccccc2C32c3ccccc3-c3ccccc32)cc1. The summed E-state index contributed by atoms with van der Waals surface area (Å²) >= 11 is 0. The Bertz CT molecular complexity index is 3160. The molecule has 10 aromatic rings. The average molecular weight is 726 g/mol. The average Bonchev–Trinajstić information content (AvgIpc) is 3.92. The lowest BCUT2D eigenvalue weighted by Crippen LogP contribution is -2.26. The number of furan rings is 1. The molecule has 1 aromatic heterocycles. The Kier molecular flexibility index (Phi) is 6.88. The summed E-state index contributed by atoms with van der Waals surface area (Å²) < 4.78 is 6.46. The molecular formula is C55H35NO. The van der Waals surface area contributed by atoms with Crippen molar-refractivity contribution in [1.82, 2.24) is 0 Å². The summed E-state index contributed by atoms with van der Waals surface area (Å²) in [5.74, 6) is 0. The quantitative estimate of drug-likeness (QED) is 0.176. The number of rotatable bonds is 5. The van der Waals surface area contributed by atoms with Crippen molar-refractivity contribution in [2.45, 2.75) is 5.41 Å². The minimum atomic E-state index is -0.458. The molecule has 57 heavy (non-hydrogen) atoms. The van der Waals surface area contributed by atoms with Gasteiger partial charge in [-0.3, -0.25) is 0 Å². The van der Waals surface area contributed by atoms with E-state index < -0.39 is 5.41 Å². The van der Waals surface area contributed by atoms with Gasteiger partial charge < -0.3 is 9.32 Å². The molecule has 266 valence electrons. The van der Waals surface area contributed by atoms with E-state index in [4.69, 9.17) is 4.42 Å². The fourth-order valence-electron chi connectivity index (χ4n) is 10.1. The van der Waals surface area contributed by atoms with Crippen molar-refractivity contribution in [3.63, 3.8) is 0 Å². The zero-order chi connectivity index (χ0) is 37.5. The predicted octanol–water partition coefficient (Wildman–Crippen LogP) is 14.7. The van der Waals surface area contributed by atoms with Crippen LogP contribution >= 0.6 is 0 Å². The number of fused-ring (bicyclic) bond motifs is 13. The second-order valence-corrected chi connectivity index (χ2v) is 15.1. The zero-order valence-electron chi connectivity index (χ0n) is 31.1. The van der Waals surface area contributed by atoms with Gasteiger partial charge in [0.2, 0.25) is 0 Å². The van der Waals surface area contributed by atoms with Crippen LogP contribution in [0, 0.1) is 0 Å². The Balaban J connectivity index is 1.20. The molecule has 0 saturated heterocycles. The second kappa shape index (κ2) is 12.3. The molecule has 1 spiro atoms. The number of hydrogen-bond acceptors (Lipinski definition) is 2. The van der Waals surface area contributed by atoms with Crippen LogP contribution in [0.5, 0.6) is 0 Å². The van der Waals surface area contributed by atoms with Crippen molar-refractivity contribution in [2.75, 3.05) is 4.90 Å². The first-order valence-electron chi connectivity index (χ1n) is 19.7. The third-order valence-electron chi connectivity index (χ3n) is 12.3. The number of nitrogens with zero attached hydrogens (tertiary/aromatic N) is 1. The van der Waals surface area contributed by atoms with E-state index in [1.165, 1.54) is 50.1 Å². The highest BCUT2D eigenvalue weighted by molar-refractivity contribution is 6.14. The third-order valence-corrected chi connectivity index (χ3v) is 12.3. The minimum Gasteiger partial charge on any atom is -0.456 e. The van der Waals surface area contributed by atoms with Gasteiger partial charge in [0.05, 0.1) is 22.5 Å². The van der Waals surface area contributed by atoms with Crippen LogP contribution < -0.4 is 4.90 Å². The maximum Gasteiger partial charge on any atom is 0.136 e. The summed E-state index contributed by atoms with van der Waals surface area (Å²) in [5, 5.41) is 2.24. The van der Waals surface area contributed by atoms with E-state index in [1.54, 1.807) is 0 Å². The highest BCUT2D eigenvalue weighted by atomic mass is 16.3. The lowest BCUT2D eigenvalue weighted by Gasteiger charge is -2.33. The Labute approximate surface area is 331 Å². The van der Waals surface area contributed by atoms with Crippen LogP contribution in [0.25, 0.3) is 66.4 Å². The van der Waals surface area contributed by atoms with Crippen LogP contribution in [0.2, 0.25) is 0 Å². The molecule has 0 fully saturated rings. The molecule has 0 radical (unpaired) electrons. The van der Waals surface area contributed by atoms with Crippen molar-refractivity contribution >= 4 is 39.0 Å². The summed E-state index contributed by atoms with van der Waals surface area (Å²) in [6, 6.07) is 77.5. The van der Waals surface area contributed by atoms with Crippen LogP contribution in [0.1, 0.15) is 22.3 Å². The van der Waals surface area contributed by atoms with E-state index in [2.05, 4.69) is 211 Å². The molecule has 2 aliphatic carbocycles. The van der Waals surface area contributed by atoms with E-state index in [0.717, 1.165) is 55.7 Å². The summed E-state index contributed by atoms with van der Waals surface area (Å²) in [4.78, 5) is 2.53. The minimum absolute atomic E-state index is 0.458. The normalized spacial score (nSPS) is 13.1. The topological polar surface area (TPSA) is 16.4 Å². The number of benzene rings is 9. The Morgan fingerprint density at radius 3 is 1.53 bits per heavy atom. The van der Waals surface area contributed by atoms with Crippen LogP contribution in [-0.2, 0) is 5.41 Å². The van der Waals surface area contributed by atoms with E-state index in [9.17, 15) is 0 Å². The summed E-state index contributed by atoms with van der Waals surface area (Å²) in [5.41, 5.74) is 19.7. The van der Waals surface area contributed by atoms with Crippen molar-refractivity contribution in [2.24, 2.45) is 0 Å². The predicted molar refractivity (Wildman–Crippen MR) is 236 cm³/mol. The maximum absolute atomic E-state index is 6.46. The van der Waals surface area contributed by atoms with Gasteiger partial charge >= 0.3 is 0 Å². The van der Waals surface area contributed by atoms with Gasteiger partial charge in [0.1, 0.15) is 11.2 Å². The molecule has 0 amide bonds. The Morgan fingerprint density at radius 1 is 0.316 bits per heavy atom. The smallest absolute Gasteiger partial charge is 0.136 e. The van der Waals surface area contributed by atoms with Gasteiger partial charge in [-0.05, 0) is 80.4 Å². The van der Waals surface area contributed by atoms with Gasteiger partial charge in [-0.25, -0.2) is 0 Å². The number of hydrogen-bond donors (Lipinski definition) is 0. The first-order valence-corrected chi connectivity index (χ1v) is 19.7. The first-order chi connectivity index (χ1) is 28.3. The van der Waals surface area contributed by atoms with E-state index >= 15 is 0 Å². The fraction of sp³-hybridized carbons (Fsp3) is 0.0182. The van der Waals surface area contributed by atoms with Gasteiger partial charge in [-0.2, -0.15) is 0 Å². The second-order valence-electron chi connectivity index (χ2n) is 15.1. The maximum atomic E-state index is 6.46. The molecule has 2 heteroatoms. The van der Waals surface area contributed by atoms with Crippen LogP contribution in [0.15, 0.2) is 217 Å². The fourth-order valence-corrected chi connectivity index (χ4v) is 10.1. The van der Waals surface area contributed by atoms with Gasteiger partial charge in [-0.1, -0.05) is 182 Å². The molecular weight excluding hydrogens is 691 g/mol. The van der Waals surface area contributed by atoms with E-state index in [0.29, 0.717) is 0 Å². The molecule has 0 aliphatic heterocycles. The standard InChI is InChI=1S/C55H35NO/c1-2-18-36(19-3-1)37-20-7-13-31-48(37)56(49-32-14-8-23-40(49)41-26-16-35-52-53(41)43-25-9-15-34-51(43)57-52)50-33-17-30-47-54(50)42-24-6-12-29-46(42)55(47)44-27-10-4-21-38(44)39-22-5-11-28-45(39)55/h1-35H. The van der Waals surface area contributed by atoms with Crippen LogP contribution in [-0.4, -0.2) is 0 Å². The van der Waals surface area contributed by atoms with Gasteiger partial charge in [-0.15, -0.1) is 0 Å². The van der Waals surface area contributed by atoms with Crippen molar-refractivity contribution in [3.05, 3.63) is 235 Å². The van der Waals surface area contributed by atoms with Crippen molar-refractivity contribution in [3.8, 4) is 44.5 Å². The lowest BCUT2D eigenvalue weighted by molar-refractivity contribution is 0.669. The molecule has 1 heterocycles. The molecule has 9 aromatic carbocycles. The molecule has 0 bridgehead atoms. The van der Waals surface area contributed by atoms with Crippen LogP contribution in [0.3, 0.4) is 0 Å². The Morgan fingerprint density at radius 2 is 0.789 bits per heavy atom. The lowest BCUT2D eigenvalue weighted by atomic mass is 9.70. The molecule has 0 saturated carbocycles. The van der Waals surface area contributed by atoms with E-state index in [-0.39, 0.29) is 0 Å². The molecule has 2 nitrogen and oxygen atoms in total. The summed E-state index contributed by atoms with van der Waals surface area (Å²) in [7, 11) is 0. The van der Waals surface area contributed by atoms with Gasteiger partial charge in [0, 0.05) is 27.5 Å². The number of anilines is 3. The highest BCUT2D eigenvalue weighted by Gasteiger charge is 2.52. The first kappa shape index (κ1) is 31.9. The summed E-state index contributed by atoms with van der Waals surface area (Å²) in [6.07, 6.45) is 0. The van der Waals surface area contributed by atoms with Crippen LogP contribution in [0.4, 0.5) is 17.1 Å². The summed E-state index contributed by atoms with van der Waals surface area (Å²) in [6.45, 7) is 0. The molecule has 0 atom stereocenters. The molecule has 12 rings (SSSR count). The van der Waals surface area contributed by atoms with Gasteiger partial charge in [0.15, 0.2) is 0 Å². The van der Waals surface area contributed by atoms with Gasteiger partial charge in [0.25, 0.3) is 0 Å². The molecule has 2 aliphatic rings. The van der Waals surface area contributed by atoms with Crippen molar-refractivity contribution < 1.29 is 4.42 Å².